The van der Waals surface area contributed by atoms with E-state index in [2.05, 4.69) is 4.98 Å². The van der Waals surface area contributed by atoms with Crippen LogP contribution in [0.25, 0.3) is 0 Å². The molecule has 0 aliphatic rings. The third-order valence-corrected chi connectivity index (χ3v) is 1.85. The monoisotopic (exact) mass is 166 g/mol. The summed E-state index contributed by atoms with van der Waals surface area (Å²) in [4.78, 5) is 4.20. The molecule has 1 heterocycles. The molecule has 0 aromatic carbocycles. The first-order valence-corrected chi connectivity index (χ1v) is 3.98. The van der Waals surface area contributed by atoms with E-state index in [0.717, 1.165) is 11.4 Å². The van der Waals surface area contributed by atoms with Gasteiger partial charge in [-0.3, -0.25) is 4.98 Å². The Morgan fingerprint density at radius 2 is 2.42 bits per heavy atom. The number of pyridine rings is 1. The summed E-state index contributed by atoms with van der Waals surface area (Å²) in [5.74, 6) is 1.13. The van der Waals surface area contributed by atoms with Gasteiger partial charge in [-0.1, -0.05) is 6.92 Å². The first kappa shape index (κ1) is 9.00. The lowest BCUT2D eigenvalue weighted by atomic mass is 10.1. The van der Waals surface area contributed by atoms with Crippen LogP contribution in [0.2, 0.25) is 0 Å². The van der Waals surface area contributed by atoms with E-state index in [0.29, 0.717) is 12.5 Å². The lowest BCUT2D eigenvalue weighted by Gasteiger charge is -2.08. The summed E-state index contributed by atoms with van der Waals surface area (Å²) in [6.07, 6.45) is 1.74. The molecule has 0 aliphatic heterocycles. The first-order chi connectivity index (χ1) is 5.77. The van der Waals surface area contributed by atoms with Crippen LogP contribution in [0.3, 0.4) is 0 Å². The van der Waals surface area contributed by atoms with Crippen molar-refractivity contribution in [2.75, 3.05) is 13.7 Å². The van der Waals surface area contributed by atoms with Crippen molar-refractivity contribution in [3.8, 4) is 5.75 Å². The first-order valence-electron chi connectivity index (χ1n) is 3.98. The smallest absolute Gasteiger partial charge is 0.122 e. The number of hydrogen-bond donors (Lipinski definition) is 1. The van der Waals surface area contributed by atoms with E-state index in [1.807, 2.05) is 19.1 Å². The highest BCUT2D eigenvalue weighted by molar-refractivity contribution is 5.24. The van der Waals surface area contributed by atoms with Crippen molar-refractivity contribution in [1.82, 2.24) is 4.98 Å². The fraction of sp³-hybridized carbons (Fsp3) is 0.444. The summed E-state index contributed by atoms with van der Waals surface area (Å²) in [6, 6.07) is 3.74. The molecule has 3 heteroatoms. The van der Waals surface area contributed by atoms with Gasteiger partial charge in [0.2, 0.25) is 0 Å². The van der Waals surface area contributed by atoms with Gasteiger partial charge >= 0.3 is 0 Å². The minimum absolute atomic E-state index is 0.292. The van der Waals surface area contributed by atoms with E-state index in [1.165, 1.54) is 0 Å². The summed E-state index contributed by atoms with van der Waals surface area (Å²) in [7, 11) is 1.65. The molecule has 0 fully saturated rings. The van der Waals surface area contributed by atoms with Crippen molar-refractivity contribution in [2.24, 2.45) is 5.73 Å². The zero-order chi connectivity index (χ0) is 8.97. The molecular weight excluding hydrogens is 152 g/mol. The Kier molecular flexibility index (Phi) is 3.05. The topological polar surface area (TPSA) is 48.1 Å². The van der Waals surface area contributed by atoms with Crippen LogP contribution in [-0.4, -0.2) is 18.6 Å². The molecule has 3 nitrogen and oxygen atoms in total. The average molecular weight is 166 g/mol. The molecule has 0 saturated carbocycles. The highest BCUT2D eigenvalue weighted by atomic mass is 16.5. The standard InChI is InChI=1S/C9H14N2O/c1-7(6-10)9-5-8(12-2)3-4-11-9/h3-5,7H,6,10H2,1-2H3/t7-/m1/s1. The van der Waals surface area contributed by atoms with E-state index >= 15 is 0 Å². The number of rotatable bonds is 3. The van der Waals surface area contributed by atoms with Crippen molar-refractivity contribution >= 4 is 0 Å². The minimum Gasteiger partial charge on any atom is -0.497 e. The molecule has 0 spiro atoms. The molecule has 1 aromatic rings. The molecule has 0 amide bonds. The third-order valence-electron chi connectivity index (χ3n) is 1.85. The Morgan fingerprint density at radius 3 is 3.00 bits per heavy atom. The van der Waals surface area contributed by atoms with Crippen molar-refractivity contribution in [3.05, 3.63) is 24.0 Å². The van der Waals surface area contributed by atoms with Crippen LogP contribution in [0, 0.1) is 0 Å². The van der Waals surface area contributed by atoms with Crippen LogP contribution in [0.15, 0.2) is 18.3 Å². The van der Waals surface area contributed by atoms with E-state index < -0.39 is 0 Å². The molecule has 1 aromatic heterocycles. The maximum atomic E-state index is 5.51. The molecule has 0 unspecified atom stereocenters. The van der Waals surface area contributed by atoms with Crippen LogP contribution < -0.4 is 10.5 Å². The highest BCUT2D eigenvalue weighted by Crippen LogP contribution is 2.16. The third kappa shape index (κ3) is 1.95. The van der Waals surface area contributed by atoms with Gasteiger partial charge in [0.05, 0.1) is 7.11 Å². The fourth-order valence-electron chi connectivity index (χ4n) is 0.945. The lowest BCUT2D eigenvalue weighted by molar-refractivity contribution is 0.413. The summed E-state index contributed by atoms with van der Waals surface area (Å²) in [6.45, 7) is 2.65. The number of aromatic nitrogens is 1. The Balaban J connectivity index is 2.86. The quantitative estimate of drug-likeness (QED) is 0.732. The Bertz CT molecular complexity index is 250. The number of ether oxygens (including phenoxy) is 1. The molecule has 0 saturated heterocycles. The second-order valence-corrected chi connectivity index (χ2v) is 2.76. The van der Waals surface area contributed by atoms with Gasteiger partial charge in [0.15, 0.2) is 0 Å². The normalized spacial score (nSPS) is 12.6. The number of hydrogen-bond acceptors (Lipinski definition) is 3. The molecular formula is C9H14N2O. The number of methoxy groups -OCH3 is 1. The zero-order valence-corrected chi connectivity index (χ0v) is 7.45. The Morgan fingerprint density at radius 1 is 1.67 bits per heavy atom. The van der Waals surface area contributed by atoms with Crippen LogP contribution in [-0.2, 0) is 0 Å². The maximum Gasteiger partial charge on any atom is 0.122 e. The van der Waals surface area contributed by atoms with Gasteiger partial charge in [-0.2, -0.15) is 0 Å². The largest absolute Gasteiger partial charge is 0.497 e. The van der Waals surface area contributed by atoms with Crippen LogP contribution in [0.5, 0.6) is 5.75 Å². The zero-order valence-electron chi connectivity index (χ0n) is 7.45. The summed E-state index contributed by atoms with van der Waals surface area (Å²) in [5.41, 5.74) is 6.50. The van der Waals surface area contributed by atoms with Gasteiger partial charge in [0, 0.05) is 30.4 Å². The average Bonchev–Trinajstić information content (AvgIpc) is 2.17. The fourth-order valence-corrected chi connectivity index (χ4v) is 0.945. The maximum absolute atomic E-state index is 5.51. The van der Waals surface area contributed by atoms with E-state index in [4.69, 9.17) is 10.5 Å². The Hall–Kier alpha value is -1.09. The number of nitrogens with two attached hydrogens (primary N) is 1. The molecule has 1 rings (SSSR count). The van der Waals surface area contributed by atoms with E-state index in [-0.39, 0.29) is 0 Å². The van der Waals surface area contributed by atoms with E-state index in [1.54, 1.807) is 13.3 Å². The van der Waals surface area contributed by atoms with Crippen LogP contribution >= 0.6 is 0 Å². The van der Waals surface area contributed by atoms with E-state index in [9.17, 15) is 0 Å². The van der Waals surface area contributed by atoms with Gasteiger partial charge in [-0.05, 0) is 6.07 Å². The highest BCUT2D eigenvalue weighted by Gasteiger charge is 2.04. The number of nitrogens with zero attached hydrogens (tertiary/aromatic N) is 1. The molecule has 66 valence electrons. The SMILES string of the molecule is COc1ccnc([C@H](C)CN)c1. The second kappa shape index (κ2) is 4.07. The van der Waals surface area contributed by atoms with Gasteiger partial charge in [-0.15, -0.1) is 0 Å². The van der Waals surface area contributed by atoms with Crippen LogP contribution in [0.1, 0.15) is 18.5 Å². The van der Waals surface area contributed by atoms with Crippen molar-refractivity contribution in [1.29, 1.82) is 0 Å². The molecule has 1 atom stereocenters. The van der Waals surface area contributed by atoms with Gasteiger partial charge in [-0.25, -0.2) is 0 Å². The van der Waals surface area contributed by atoms with Gasteiger partial charge in [0.25, 0.3) is 0 Å². The lowest BCUT2D eigenvalue weighted by Crippen LogP contribution is -2.10. The second-order valence-electron chi connectivity index (χ2n) is 2.76. The summed E-state index contributed by atoms with van der Waals surface area (Å²) >= 11 is 0. The molecule has 0 aliphatic carbocycles. The molecule has 0 radical (unpaired) electrons. The minimum atomic E-state index is 0.292. The molecule has 0 bridgehead atoms. The predicted octanol–water partition coefficient (Wildman–Crippen LogP) is 1.15. The Labute approximate surface area is 72.6 Å². The van der Waals surface area contributed by atoms with Gasteiger partial charge < -0.3 is 10.5 Å². The van der Waals surface area contributed by atoms with Crippen molar-refractivity contribution in [3.63, 3.8) is 0 Å². The molecule has 2 N–H and O–H groups in total. The van der Waals surface area contributed by atoms with Crippen molar-refractivity contribution < 1.29 is 4.74 Å². The summed E-state index contributed by atoms with van der Waals surface area (Å²) < 4.78 is 5.07. The molecule has 12 heavy (non-hydrogen) atoms. The van der Waals surface area contributed by atoms with Crippen LogP contribution in [0.4, 0.5) is 0 Å². The van der Waals surface area contributed by atoms with Gasteiger partial charge in [0.1, 0.15) is 5.75 Å². The predicted molar refractivity (Wildman–Crippen MR) is 48.3 cm³/mol. The van der Waals surface area contributed by atoms with Crippen molar-refractivity contribution in [2.45, 2.75) is 12.8 Å². The summed E-state index contributed by atoms with van der Waals surface area (Å²) in [5, 5.41) is 0.